The lowest BCUT2D eigenvalue weighted by molar-refractivity contribution is 0.355. The molecule has 0 fully saturated rings. The Morgan fingerprint density at radius 3 is 2.53 bits per heavy atom. The Balaban J connectivity index is 2.32. The van der Waals surface area contributed by atoms with Crippen LogP contribution in [0, 0.1) is 13.8 Å². The highest BCUT2D eigenvalue weighted by Crippen LogP contribution is 2.23. The molecule has 0 atom stereocenters. The summed E-state index contributed by atoms with van der Waals surface area (Å²) < 4.78 is 0. The van der Waals surface area contributed by atoms with Gasteiger partial charge in [-0.15, -0.1) is 0 Å². The summed E-state index contributed by atoms with van der Waals surface area (Å²) in [5.41, 5.74) is 5.43. The first kappa shape index (κ1) is 12.2. The molecule has 1 aliphatic heterocycles. The fraction of sp³-hybridized carbons (Fsp3) is 0.467. The quantitative estimate of drug-likeness (QED) is 0.859. The minimum atomic E-state index is 0.965. The van der Waals surface area contributed by atoms with Gasteiger partial charge < -0.3 is 4.90 Å². The molecule has 1 aromatic carbocycles. The second-order valence-electron chi connectivity index (χ2n) is 4.84. The van der Waals surface area contributed by atoms with E-state index in [1.54, 1.807) is 0 Å². The standard InChI is InChI=1S/C15H22N2/c1-4-7-17-11-16-6-5-15(17)14-9-12(2)8-13(3)10-14/h5,8-10,16H,4,6-7,11H2,1-3H3. The van der Waals surface area contributed by atoms with Crippen molar-refractivity contribution in [1.82, 2.24) is 10.2 Å². The lowest BCUT2D eigenvalue weighted by atomic mass is 10.0. The Labute approximate surface area is 104 Å². The summed E-state index contributed by atoms with van der Waals surface area (Å²) in [6.45, 7) is 9.62. The van der Waals surface area contributed by atoms with Crippen molar-refractivity contribution in [2.45, 2.75) is 27.2 Å². The number of aryl methyl sites for hydroxylation is 2. The van der Waals surface area contributed by atoms with Crippen LogP contribution in [0.4, 0.5) is 0 Å². The first-order valence-electron chi connectivity index (χ1n) is 6.45. The second kappa shape index (κ2) is 5.37. The molecule has 0 unspecified atom stereocenters. The summed E-state index contributed by atoms with van der Waals surface area (Å²) in [5.74, 6) is 0. The zero-order valence-electron chi connectivity index (χ0n) is 11.1. The highest BCUT2D eigenvalue weighted by atomic mass is 15.2. The van der Waals surface area contributed by atoms with Crippen molar-refractivity contribution in [3.05, 3.63) is 41.0 Å². The van der Waals surface area contributed by atoms with Crippen LogP contribution < -0.4 is 5.32 Å². The Hall–Kier alpha value is -1.28. The lowest BCUT2D eigenvalue weighted by Crippen LogP contribution is -2.37. The predicted molar refractivity (Wildman–Crippen MR) is 73.8 cm³/mol. The molecule has 92 valence electrons. The van der Waals surface area contributed by atoms with Gasteiger partial charge in [-0.25, -0.2) is 0 Å². The number of rotatable bonds is 3. The van der Waals surface area contributed by atoms with Crippen LogP contribution in [0.25, 0.3) is 5.70 Å². The van der Waals surface area contributed by atoms with E-state index < -0.39 is 0 Å². The maximum absolute atomic E-state index is 3.40. The van der Waals surface area contributed by atoms with Crippen molar-refractivity contribution < 1.29 is 0 Å². The summed E-state index contributed by atoms with van der Waals surface area (Å²) in [7, 11) is 0. The minimum absolute atomic E-state index is 0.965. The van der Waals surface area contributed by atoms with Gasteiger partial charge in [0.25, 0.3) is 0 Å². The monoisotopic (exact) mass is 230 g/mol. The molecule has 2 nitrogen and oxygen atoms in total. The molecule has 1 N–H and O–H groups in total. The van der Waals surface area contributed by atoms with Crippen LogP contribution in [0.15, 0.2) is 24.3 Å². The Kier molecular flexibility index (Phi) is 3.85. The average Bonchev–Trinajstić information content (AvgIpc) is 2.29. The largest absolute Gasteiger partial charge is 0.358 e. The van der Waals surface area contributed by atoms with Gasteiger partial charge in [0.15, 0.2) is 0 Å². The van der Waals surface area contributed by atoms with Gasteiger partial charge in [-0.2, -0.15) is 0 Å². The van der Waals surface area contributed by atoms with Crippen LogP contribution in [0.1, 0.15) is 30.0 Å². The topological polar surface area (TPSA) is 15.3 Å². The lowest BCUT2D eigenvalue weighted by Gasteiger charge is -2.31. The Morgan fingerprint density at radius 2 is 1.88 bits per heavy atom. The fourth-order valence-electron chi connectivity index (χ4n) is 2.48. The van der Waals surface area contributed by atoms with E-state index in [0.29, 0.717) is 0 Å². The highest BCUT2D eigenvalue weighted by molar-refractivity contribution is 5.66. The van der Waals surface area contributed by atoms with Crippen LogP contribution in [0.3, 0.4) is 0 Å². The second-order valence-corrected chi connectivity index (χ2v) is 4.84. The molecule has 0 radical (unpaired) electrons. The van der Waals surface area contributed by atoms with Crippen LogP contribution in [-0.4, -0.2) is 24.7 Å². The average molecular weight is 230 g/mol. The number of nitrogens with one attached hydrogen (secondary N) is 1. The maximum Gasteiger partial charge on any atom is 0.0684 e. The van der Waals surface area contributed by atoms with Gasteiger partial charge in [0, 0.05) is 18.8 Å². The minimum Gasteiger partial charge on any atom is -0.358 e. The van der Waals surface area contributed by atoms with Crippen molar-refractivity contribution in [3.63, 3.8) is 0 Å². The van der Waals surface area contributed by atoms with E-state index in [2.05, 4.69) is 55.3 Å². The molecule has 2 heteroatoms. The molecule has 0 saturated heterocycles. The summed E-state index contributed by atoms with van der Waals surface area (Å²) >= 11 is 0. The molecule has 1 aliphatic rings. The van der Waals surface area contributed by atoms with Crippen LogP contribution in [0.5, 0.6) is 0 Å². The molecular formula is C15H22N2. The number of hydrogen-bond donors (Lipinski definition) is 1. The molecule has 0 aromatic heterocycles. The zero-order valence-corrected chi connectivity index (χ0v) is 11.1. The van der Waals surface area contributed by atoms with Crippen molar-refractivity contribution in [3.8, 4) is 0 Å². The SMILES string of the molecule is CCCN1CNCC=C1c1cc(C)cc(C)c1. The molecular weight excluding hydrogens is 208 g/mol. The van der Waals surface area contributed by atoms with E-state index in [1.807, 2.05) is 0 Å². The Bertz CT molecular complexity index is 401. The molecule has 1 aromatic rings. The van der Waals surface area contributed by atoms with Crippen LogP contribution in [0.2, 0.25) is 0 Å². The van der Waals surface area contributed by atoms with Crippen molar-refractivity contribution in [2.24, 2.45) is 0 Å². The fourth-order valence-corrected chi connectivity index (χ4v) is 2.48. The smallest absolute Gasteiger partial charge is 0.0684 e. The third-order valence-electron chi connectivity index (χ3n) is 3.09. The molecule has 1 heterocycles. The molecule has 2 rings (SSSR count). The third kappa shape index (κ3) is 2.89. The molecule has 17 heavy (non-hydrogen) atoms. The molecule has 0 bridgehead atoms. The first-order valence-corrected chi connectivity index (χ1v) is 6.45. The summed E-state index contributed by atoms with van der Waals surface area (Å²) in [6.07, 6.45) is 3.48. The summed E-state index contributed by atoms with van der Waals surface area (Å²) in [4.78, 5) is 2.43. The van der Waals surface area contributed by atoms with E-state index in [9.17, 15) is 0 Å². The van der Waals surface area contributed by atoms with E-state index >= 15 is 0 Å². The van der Waals surface area contributed by atoms with Crippen LogP contribution in [-0.2, 0) is 0 Å². The van der Waals surface area contributed by atoms with Gasteiger partial charge in [-0.3, -0.25) is 5.32 Å². The van der Waals surface area contributed by atoms with Gasteiger partial charge in [0.1, 0.15) is 0 Å². The predicted octanol–water partition coefficient (Wildman–Crippen LogP) is 2.92. The molecule has 0 spiro atoms. The first-order chi connectivity index (χ1) is 8.20. The maximum atomic E-state index is 3.40. The number of hydrogen-bond acceptors (Lipinski definition) is 2. The van der Waals surface area contributed by atoms with Gasteiger partial charge in [0.05, 0.1) is 6.67 Å². The number of nitrogens with zero attached hydrogens (tertiary/aromatic N) is 1. The van der Waals surface area contributed by atoms with Crippen molar-refractivity contribution in [2.75, 3.05) is 19.8 Å². The highest BCUT2D eigenvalue weighted by Gasteiger charge is 2.14. The normalized spacial score (nSPS) is 15.9. The number of benzene rings is 1. The van der Waals surface area contributed by atoms with Crippen LogP contribution >= 0.6 is 0 Å². The molecule has 0 aliphatic carbocycles. The summed E-state index contributed by atoms with van der Waals surface area (Å²) in [6, 6.07) is 6.80. The van der Waals surface area contributed by atoms with Gasteiger partial charge in [-0.05, 0) is 44.0 Å². The molecule has 0 saturated carbocycles. The summed E-state index contributed by atoms with van der Waals surface area (Å²) in [5, 5.41) is 3.40. The van der Waals surface area contributed by atoms with Crippen molar-refractivity contribution >= 4 is 5.70 Å². The third-order valence-corrected chi connectivity index (χ3v) is 3.09. The van der Waals surface area contributed by atoms with E-state index in [0.717, 1.165) is 19.8 Å². The Morgan fingerprint density at radius 1 is 1.18 bits per heavy atom. The van der Waals surface area contributed by atoms with Gasteiger partial charge >= 0.3 is 0 Å². The van der Waals surface area contributed by atoms with Gasteiger partial charge in [0.2, 0.25) is 0 Å². The molecule has 0 amide bonds. The van der Waals surface area contributed by atoms with Gasteiger partial charge in [-0.1, -0.05) is 24.1 Å². The van der Waals surface area contributed by atoms with Crippen molar-refractivity contribution in [1.29, 1.82) is 0 Å². The van der Waals surface area contributed by atoms with E-state index in [-0.39, 0.29) is 0 Å². The zero-order chi connectivity index (χ0) is 12.3. The van der Waals surface area contributed by atoms with E-state index in [4.69, 9.17) is 0 Å². The van der Waals surface area contributed by atoms with E-state index in [1.165, 1.54) is 28.8 Å².